The highest BCUT2D eigenvalue weighted by Crippen LogP contribution is 2.23. The lowest BCUT2D eigenvalue weighted by Gasteiger charge is -2.07. The summed E-state index contributed by atoms with van der Waals surface area (Å²) < 4.78 is 4.68. The van der Waals surface area contributed by atoms with Crippen LogP contribution in [-0.4, -0.2) is 17.8 Å². The lowest BCUT2D eigenvalue weighted by molar-refractivity contribution is 0.168. The van der Waals surface area contributed by atoms with Gasteiger partial charge in [-0.1, -0.05) is 6.07 Å². The number of benzene rings is 1. The van der Waals surface area contributed by atoms with Crippen molar-refractivity contribution < 1.29 is 14.6 Å². The molecular weight excluding hydrogens is 182 g/mol. The Morgan fingerprint density at radius 3 is 2.93 bits per heavy atom. The normalized spacial score (nSPS) is 9.57. The summed E-state index contributed by atoms with van der Waals surface area (Å²) in [6, 6.07) is 4.95. The molecule has 2 N–H and O–H groups in total. The van der Waals surface area contributed by atoms with Gasteiger partial charge >= 0.3 is 6.09 Å². The van der Waals surface area contributed by atoms with Crippen LogP contribution in [0.15, 0.2) is 18.2 Å². The molecule has 1 aromatic carbocycles. The van der Waals surface area contributed by atoms with E-state index in [0.717, 1.165) is 5.56 Å². The number of phenolic OH excluding ortho intramolecular Hbond substituents is 1. The first-order valence-electron chi connectivity index (χ1n) is 4.37. The van der Waals surface area contributed by atoms with Gasteiger partial charge in [-0.05, 0) is 31.5 Å². The molecule has 1 amide bonds. The van der Waals surface area contributed by atoms with Gasteiger partial charge in [0.1, 0.15) is 5.75 Å². The Hall–Kier alpha value is -1.71. The third-order valence-electron chi connectivity index (χ3n) is 1.66. The molecule has 0 bridgehead atoms. The van der Waals surface area contributed by atoms with Gasteiger partial charge < -0.3 is 9.84 Å². The minimum Gasteiger partial charge on any atom is -0.506 e. The molecule has 1 rings (SSSR count). The highest BCUT2D eigenvalue weighted by atomic mass is 16.5. The summed E-state index contributed by atoms with van der Waals surface area (Å²) >= 11 is 0. The van der Waals surface area contributed by atoms with Crippen molar-refractivity contribution in [2.24, 2.45) is 0 Å². The first kappa shape index (κ1) is 10.4. The Morgan fingerprint density at radius 1 is 1.57 bits per heavy atom. The number of amides is 1. The second kappa shape index (κ2) is 4.50. The van der Waals surface area contributed by atoms with Gasteiger partial charge in [-0.2, -0.15) is 0 Å². The predicted octanol–water partition coefficient (Wildman–Crippen LogP) is 2.27. The number of aromatic hydroxyl groups is 1. The van der Waals surface area contributed by atoms with Crippen molar-refractivity contribution in [2.75, 3.05) is 11.9 Å². The molecule has 4 heteroatoms. The molecule has 0 atom stereocenters. The fraction of sp³-hybridized carbons (Fsp3) is 0.300. The standard InChI is InChI=1S/C10H13NO3/c1-3-14-10(13)11-8-6-7(2)4-5-9(8)12/h4-6,12H,3H2,1-2H3,(H,11,13). The van der Waals surface area contributed by atoms with E-state index in [1.54, 1.807) is 19.1 Å². The average Bonchev–Trinajstić information content (AvgIpc) is 2.12. The van der Waals surface area contributed by atoms with Gasteiger partial charge in [0.05, 0.1) is 12.3 Å². The monoisotopic (exact) mass is 195 g/mol. The van der Waals surface area contributed by atoms with Crippen molar-refractivity contribution in [1.29, 1.82) is 0 Å². The maximum absolute atomic E-state index is 11.0. The molecule has 0 radical (unpaired) electrons. The number of hydrogen-bond donors (Lipinski definition) is 2. The number of anilines is 1. The highest BCUT2D eigenvalue weighted by Gasteiger charge is 2.05. The molecule has 0 aliphatic rings. The van der Waals surface area contributed by atoms with Crippen LogP contribution in [0.5, 0.6) is 5.75 Å². The van der Waals surface area contributed by atoms with E-state index in [2.05, 4.69) is 10.1 Å². The van der Waals surface area contributed by atoms with Crippen LogP contribution in [0.2, 0.25) is 0 Å². The summed E-state index contributed by atoms with van der Waals surface area (Å²) in [5.74, 6) is 0.0312. The summed E-state index contributed by atoms with van der Waals surface area (Å²) in [5.41, 5.74) is 1.32. The van der Waals surface area contributed by atoms with Gasteiger partial charge in [0, 0.05) is 0 Å². The predicted molar refractivity (Wildman–Crippen MR) is 53.5 cm³/mol. The van der Waals surface area contributed by atoms with Crippen molar-refractivity contribution in [3.8, 4) is 5.75 Å². The van der Waals surface area contributed by atoms with E-state index in [-0.39, 0.29) is 5.75 Å². The molecule has 0 heterocycles. The molecule has 0 aliphatic heterocycles. The van der Waals surface area contributed by atoms with Crippen LogP contribution in [-0.2, 0) is 4.74 Å². The number of aryl methyl sites for hydroxylation is 1. The Kier molecular flexibility index (Phi) is 3.34. The smallest absolute Gasteiger partial charge is 0.411 e. The number of hydrogen-bond acceptors (Lipinski definition) is 3. The lowest BCUT2D eigenvalue weighted by Crippen LogP contribution is -2.13. The fourth-order valence-corrected chi connectivity index (χ4v) is 1.03. The zero-order valence-corrected chi connectivity index (χ0v) is 8.20. The van der Waals surface area contributed by atoms with Crippen LogP contribution < -0.4 is 5.32 Å². The van der Waals surface area contributed by atoms with Crippen LogP contribution in [0.3, 0.4) is 0 Å². The second-order valence-corrected chi connectivity index (χ2v) is 2.87. The first-order valence-corrected chi connectivity index (χ1v) is 4.37. The molecule has 4 nitrogen and oxygen atoms in total. The van der Waals surface area contributed by atoms with Gasteiger partial charge in [-0.15, -0.1) is 0 Å². The SMILES string of the molecule is CCOC(=O)Nc1cc(C)ccc1O. The largest absolute Gasteiger partial charge is 0.506 e. The molecule has 0 saturated heterocycles. The number of nitrogens with one attached hydrogen (secondary N) is 1. The molecule has 1 aromatic rings. The quantitative estimate of drug-likeness (QED) is 0.711. The fourth-order valence-electron chi connectivity index (χ4n) is 1.03. The molecule has 14 heavy (non-hydrogen) atoms. The Morgan fingerprint density at radius 2 is 2.29 bits per heavy atom. The third kappa shape index (κ3) is 2.65. The Balaban J connectivity index is 2.75. The zero-order valence-electron chi connectivity index (χ0n) is 8.20. The molecule has 0 fully saturated rings. The summed E-state index contributed by atoms with van der Waals surface area (Å²) in [6.45, 7) is 3.89. The molecule has 0 unspecified atom stereocenters. The van der Waals surface area contributed by atoms with Gasteiger partial charge in [-0.25, -0.2) is 4.79 Å². The third-order valence-corrected chi connectivity index (χ3v) is 1.66. The summed E-state index contributed by atoms with van der Waals surface area (Å²) in [7, 11) is 0. The summed E-state index contributed by atoms with van der Waals surface area (Å²) in [6.07, 6.45) is -0.562. The lowest BCUT2D eigenvalue weighted by atomic mass is 10.2. The van der Waals surface area contributed by atoms with Crippen LogP contribution in [0, 0.1) is 6.92 Å². The minimum absolute atomic E-state index is 0.0312. The average molecular weight is 195 g/mol. The van der Waals surface area contributed by atoms with E-state index >= 15 is 0 Å². The maximum atomic E-state index is 11.0. The zero-order chi connectivity index (χ0) is 10.6. The van der Waals surface area contributed by atoms with E-state index in [1.165, 1.54) is 6.07 Å². The summed E-state index contributed by atoms with van der Waals surface area (Å²) in [5, 5.41) is 11.8. The minimum atomic E-state index is -0.562. The molecule has 0 saturated carbocycles. The maximum Gasteiger partial charge on any atom is 0.411 e. The van der Waals surface area contributed by atoms with E-state index in [4.69, 9.17) is 0 Å². The Labute approximate surface area is 82.5 Å². The van der Waals surface area contributed by atoms with Crippen LogP contribution in [0.25, 0.3) is 0 Å². The van der Waals surface area contributed by atoms with Gasteiger partial charge in [0.2, 0.25) is 0 Å². The van der Waals surface area contributed by atoms with Crippen molar-refractivity contribution in [3.63, 3.8) is 0 Å². The van der Waals surface area contributed by atoms with Crippen LogP contribution in [0.4, 0.5) is 10.5 Å². The molecule has 76 valence electrons. The molecule has 0 aromatic heterocycles. The number of rotatable bonds is 2. The topological polar surface area (TPSA) is 58.6 Å². The van der Waals surface area contributed by atoms with Crippen molar-refractivity contribution in [3.05, 3.63) is 23.8 Å². The van der Waals surface area contributed by atoms with E-state index in [0.29, 0.717) is 12.3 Å². The second-order valence-electron chi connectivity index (χ2n) is 2.87. The number of carbonyl (C=O) groups is 1. The van der Waals surface area contributed by atoms with E-state index in [9.17, 15) is 9.90 Å². The van der Waals surface area contributed by atoms with Gasteiger partial charge in [0.15, 0.2) is 0 Å². The van der Waals surface area contributed by atoms with Crippen LogP contribution >= 0.6 is 0 Å². The number of phenols is 1. The first-order chi connectivity index (χ1) is 6.63. The van der Waals surface area contributed by atoms with E-state index in [1.807, 2.05) is 6.92 Å². The van der Waals surface area contributed by atoms with Gasteiger partial charge in [0.25, 0.3) is 0 Å². The van der Waals surface area contributed by atoms with Crippen molar-refractivity contribution in [1.82, 2.24) is 0 Å². The highest BCUT2D eigenvalue weighted by molar-refractivity contribution is 5.86. The van der Waals surface area contributed by atoms with Crippen molar-refractivity contribution >= 4 is 11.8 Å². The van der Waals surface area contributed by atoms with Crippen LogP contribution in [0.1, 0.15) is 12.5 Å². The summed E-state index contributed by atoms with van der Waals surface area (Å²) in [4.78, 5) is 11.0. The number of carbonyl (C=O) groups excluding carboxylic acids is 1. The van der Waals surface area contributed by atoms with E-state index < -0.39 is 6.09 Å². The van der Waals surface area contributed by atoms with Gasteiger partial charge in [-0.3, -0.25) is 5.32 Å². The molecule has 0 spiro atoms. The molecule has 0 aliphatic carbocycles. The Bertz CT molecular complexity index is 336. The molecular formula is C10H13NO3. The number of ether oxygens (including phenoxy) is 1. The van der Waals surface area contributed by atoms with Crippen molar-refractivity contribution in [2.45, 2.75) is 13.8 Å².